The maximum atomic E-state index is 12.3. The van der Waals surface area contributed by atoms with Gasteiger partial charge in [-0.3, -0.25) is 9.10 Å². The molecule has 0 aliphatic carbocycles. The maximum Gasteiger partial charge on any atom is 0.285 e. The number of rotatable bonds is 6. The lowest BCUT2D eigenvalue weighted by atomic mass is 10.2. The third kappa shape index (κ3) is 3.96. The first kappa shape index (κ1) is 19.4. The van der Waals surface area contributed by atoms with Crippen molar-refractivity contribution < 1.29 is 23.1 Å². The van der Waals surface area contributed by atoms with Gasteiger partial charge in [0, 0.05) is 5.39 Å². The zero-order chi connectivity index (χ0) is 20.3. The molecule has 28 heavy (non-hydrogen) atoms. The molecule has 2 aromatic carbocycles. The summed E-state index contributed by atoms with van der Waals surface area (Å²) in [6, 6.07) is 13.4. The minimum Gasteiger partial charge on any atom is -0.495 e. The summed E-state index contributed by atoms with van der Waals surface area (Å²) in [5, 5.41) is 17.9. The fourth-order valence-electron chi connectivity index (χ4n) is 2.69. The summed E-state index contributed by atoms with van der Waals surface area (Å²) in [6.45, 7) is -0.564. The highest BCUT2D eigenvalue weighted by Crippen LogP contribution is 2.35. The lowest BCUT2D eigenvalue weighted by Gasteiger charge is -2.22. The number of aromatic hydroxyl groups is 1. The molecule has 0 atom stereocenters. The van der Waals surface area contributed by atoms with Gasteiger partial charge in [0.1, 0.15) is 12.3 Å². The van der Waals surface area contributed by atoms with E-state index in [1.165, 1.54) is 13.2 Å². The SMILES string of the molecule is COc1ccccc1N(CC(=O)N=Nc1c(O)[nH]c2ccccc12)S(C)(=O)=O. The molecule has 146 valence electrons. The third-order valence-electron chi connectivity index (χ3n) is 3.95. The number of sulfonamides is 1. The van der Waals surface area contributed by atoms with Gasteiger partial charge in [0.15, 0.2) is 5.69 Å². The average molecular weight is 402 g/mol. The zero-order valence-electron chi connectivity index (χ0n) is 15.2. The molecule has 2 N–H and O–H groups in total. The number of H-pyrrole nitrogens is 1. The lowest BCUT2D eigenvalue weighted by molar-refractivity contribution is -0.116. The van der Waals surface area contributed by atoms with Crippen molar-refractivity contribution in [1.29, 1.82) is 0 Å². The van der Waals surface area contributed by atoms with Gasteiger partial charge in [-0.15, -0.1) is 10.2 Å². The fraction of sp³-hybridized carbons (Fsp3) is 0.167. The highest BCUT2D eigenvalue weighted by atomic mass is 32.2. The Morgan fingerprint density at radius 2 is 1.86 bits per heavy atom. The van der Waals surface area contributed by atoms with E-state index in [0.29, 0.717) is 16.7 Å². The fourth-order valence-corrected chi connectivity index (χ4v) is 3.54. The number of hydrogen-bond acceptors (Lipinski definition) is 6. The number of azo groups is 1. The van der Waals surface area contributed by atoms with E-state index in [0.717, 1.165) is 10.6 Å². The molecular formula is C18H18N4O5S. The minimum absolute atomic E-state index is 0.104. The van der Waals surface area contributed by atoms with Crippen LogP contribution in [0, 0.1) is 0 Å². The summed E-state index contributed by atoms with van der Waals surface area (Å²) in [6.07, 6.45) is 0.982. The molecule has 9 nitrogen and oxygen atoms in total. The van der Waals surface area contributed by atoms with Crippen molar-refractivity contribution >= 4 is 38.2 Å². The van der Waals surface area contributed by atoms with Crippen molar-refractivity contribution in [3.8, 4) is 11.6 Å². The van der Waals surface area contributed by atoms with Crippen molar-refractivity contribution in [3.63, 3.8) is 0 Å². The molecule has 0 saturated heterocycles. The van der Waals surface area contributed by atoms with Crippen molar-refractivity contribution in [2.24, 2.45) is 10.2 Å². The maximum absolute atomic E-state index is 12.3. The number of benzene rings is 2. The van der Waals surface area contributed by atoms with E-state index in [1.54, 1.807) is 42.5 Å². The molecule has 3 aromatic rings. The van der Waals surface area contributed by atoms with Gasteiger partial charge >= 0.3 is 0 Å². The monoisotopic (exact) mass is 402 g/mol. The van der Waals surface area contributed by atoms with Gasteiger partial charge in [-0.25, -0.2) is 8.42 Å². The van der Waals surface area contributed by atoms with Gasteiger partial charge in [0.05, 0.1) is 24.6 Å². The standard InChI is InChI=1S/C18H18N4O5S/c1-27-15-10-6-5-9-14(15)22(28(2,25)26)11-16(23)20-21-17-12-7-3-4-8-13(12)19-18(17)24/h3-10,19,24H,11H2,1-2H3. The molecule has 1 amide bonds. The van der Waals surface area contributed by atoms with Crippen LogP contribution in [0.25, 0.3) is 10.9 Å². The van der Waals surface area contributed by atoms with E-state index in [4.69, 9.17) is 4.74 Å². The smallest absolute Gasteiger partial charge is 0.285 e. The summed E-state index contributed by atoms with van der Waals surface area (Å²) < 4.78 is 30.5. The predicted molar refractivity (Wildman–Crippen MR) is 105 cm³/mol. The van der Waals surface area contributed by atoms with Crippen molar-refractivity contribution in [3.05, 3.63) is 48.5 Å². The van der Waals surface area contributed by atoms with Crippen LogP contribution in [0.2, 0.25) is 0 Å². The molecule has 1 heterocycles. The molecule has 0 radical (unpaired) electrons. The summed E-state index contributed by atoms with van der Waals surface area (Å²) >= 11 is 0. The number of aromatic nitrogens is 1. The highest BCUT2D eigenvalue weighted by molar-refractivity contribution is 7.92. The topological polar surface area (TPSA) is 124 Å². The molecule has 10 heteroatoms. The van der Waals surface area contributed by atoms with E-state index in [1.807, 2.05) is 0 Å². The molecule has 0 aliphatic rings. The Hall–Kier alpha value is -3.40. The van der Waals surface area contributed by atoms with Gasteiger partial charge in [-0.05, 0) is 18.2 Å². The Balaban J connectivity index is 1.89. The summed E-state index contributed by atoms with van der Waals surface area (Å²) in [5.74, 6) is -0.740. The molecule has 0 saturated carbocycles. The number of hydrogen-bond donors (Lipinski definition) is 2. The number of methoxy groups -OCH3 is 1. The number of aromatic amines is 1. The summed E-state index contributed by atoms with van der Waals surface area (Å²) in [4.78, 5) is 15.0. The van der Waals surface area contributed by atoms with Crippen molar-refractivity contribution in [1.82, 2.24) is 4.98 Å². The first-order valence-corrected chi connectivity index (χ1v) is 10.0. The molecule has 0 aliphatic heterocycles. The number of amides is 1. The van der Waals surface area contributed by atoms with E-state index in [-0.39, 0.29) is 17.3 Å². The lowest BCUT2D eigenvalue weighted by Crippen LogP contribution is -2.34. The second-order valence-corrected chi connectivity index (χ2v) is 7.81. The van der Waals surface area contributed by atoms with Crippen LogP contribution < -0.4 is 9.04 Å². The number of nitrogens with zero attached hydrogens (tertiary/aromatic N) is 3. The Bertz CT molecular complexity index is 1150. The quantitative estimate of drug-likeness (QED) is 0.613. The van der Waals surface area contributed by atoms with Gasteiger partial charge in [0.2, 0.25) is 15.9 Å². The Morgan fingerprint density at radius 1 is 1.18 bits per heavy atom. The first-order chi connectivity index (χ1) is 13.3. The van der Waals surface area contributed by atoms with Crippen LogP contribution >= 0.6 is 0 Å². The Morgan fingerprint density at radius 3 is 2.57 bits per heavy atom. The van der Waals surface area contributed by atoms with Gasteiger partial charge < -0.3 is 14.8 Å². The molecule has 0 spiro atoms. The van der Waals surface area contributed by atoms with Gasteiger partial charge in [0.25, 0.3) is 5.91 Å². The molecule has 1 aromatic heterocycles. The minimum atomic E-state index is -3.79. The molecule has 3 rings (SSSR count). The summed E-state index contributed by atoms with van der Waals surface area (Å²) in [5.41, 5.74) is 0.950. The van der Waals surface area contributed by atoms with Crippen LogP contribution in [0.15, 0.2) is 58.8 Å². The van der Waals surface area contributed by atoms with E-state index < -0.39 is 22.5 Å². The number of fused-ring (bicyclic) bond motifs is 1. The van der Waals surface area contributed by atoms with Crippen LogP contribution in [-0.4, -0.2) is 44.3 Å². The number of carbonyl (C=O) groups excluding carboxylic acids is 1. The van der Waals surface area contributed by atoms with Crippen molar-refractivity contribution in [2.45, 2.75) is 0 Å². The summed E-state index contributed by atoms with van der Waals surface area (Å²) in [7, 11) is -2.38. The first-order valence-electron chi connectivity index (χ1n) is 8.16. The number of carbonyl (C=O) groups is 1. The predicted octanol–water partition coefficient (Wildman–Crippen LogP) is 2.96. The third-order valence-corrected chi connectivity index (χ3v) is 5.08. The Labute approximate surface area is 161 Å². The number of para-hydroxylation sites is 3. The normalized spacial score (nSPS) is 11.8. The second kappa shape index (κ2) is 7.69. The van der Waals surface area contributed by atoms with Crippen LogP contribution in [0.1, 0.15) is 0 Å². The number of nitrogens with one attached hydrogen (secondary N) is 1. The highest BCUT2D eigenvalue weighted by Gasteiger charge is 2.24. The Kier molecular flexibility index (Phi) is 5.32. The molecular weight excluding hydrogens is 384 g/mol. The zero-order valence-corrected chi connectivity index (χ0v) is 16.0. The molecule has 0 unspecified atom stereocenters. The average Bonchev–Trinajstić information content (AvgIpc) is 2.98. The molecule has 0 bridgehead atoms. The largest absolute Gasteiger partial charge is 0.495 e. The number of ether oxygens (including phenoxy) is 1. The van der Waals surface area contributed by atoms with Crippen LogP contribution in [-0.2, 0) is 14.8 Å². The molecule has 0 fully saturated rings. The van der Waals surface area contributed by atoms with E-state index in [2.05, 4.69) is 15.2 Å². The van der Waals surface area contributed by atoms with Gasteiger partial charge in [-0.1, -0.05) is 30.3 Å². The second-order valence-electron chi connectivity index (χ2n) is 5.90. The van der Waals surface area contributed by atoms with E-state index in [9.17, 15) is 18.3 Å². The van der Waals surface area contributed by atoms with Crippen LogP contribution in [0.3, 0.4) is 0 Å². The van der Waals surface area contributed by atoms with E-state index >= 15 is 0 Å². The number of anilines is 1. The van der Waals surface area contributed by atoms with Gasteiger partial charge in [-0.2, -0.15) is 0 Å². The van der Waals surface area contributed by atoms with Crippen LogP contribution in [0.4, 0.5) is 11.4 Å². The van der Waals surface area contributed by atoms with Crippen LogP contribution in [0.5, 0.6) is 11.6 Å². The van der Waals surface area contributed by atoms with Crippen molar-refractivity contribution in [2.75, 3.05) is 24.2 Å².